The average Bonchev–Trinajstić information content (AvgIpc) is 2.88. The number of halogens is 1. The van der Waals surface area contributed by atoms with Gasteiger partial charge in [-0.15, -0.1) is 0 Å². The maximum absolute atomic E-state index is 14.3. The molecule has 36 heavy (non-hydrogen) atoms. The van der Waals surface area contributed by atoms with E-state index in [2.05, 4.69) is 29.2 Å². The smallest absolute Gasteiger partial charge is 0.159 e. The van der Waals surface area contributed by atoms with E-state index >= 15 is 0 Å². The Balaban J connectivity index is 1.43. The highest BCUT2D eigenvalue weighted by molar-refractivity contribution is 5.52. The molecule has 1 saturated heterocycles. The number of nitrogens with zero attached hydrogens (tertiary/aromatic N) is 1. The average molecular weight is 492 g/mol. The van der Waals surface area contributed by atoms with Gasteiger partial charge in [0.1, 0.15) is 11.6 Å². The molecule has 6 heteroatoms. The molecule has 190 valence electrons. The first-order valence-corrected chi connectivity index (χ1v) is 12.6. The fraction of sp³-hybridized carbons (Fsp3) is 0.400. The van der Waals surface area contributed by atoms with E-state index in [0.29, 0.717) is 12.5 Å². The van der Waals surface area contributed by atoms with Gasteiger partial charge in [-0.2, -0.15) is 0 Å². The van der Waals surface area contributed by atoms with Gasteiger partial charge < -0.3 is 24.2 Å². The summed E-state index contributed by atoms with van der Waals surface area (Å²) >= 11 is 0. The van der Waals surface area contributed by atoms with Crippen molar-refractivity contribution in [3.8, 4) is 5.75 Å². The number of benzene rings is 3. The molecule has 3 aromatic rings. The Morgan fingerprint density at radius 2 is 1.67 bits per heavy atom. The van der Waals surface area contributed by atoms with Crippen molar-refractivity contribution < 1.29 is 23.7 Å². The van der Waals surface area contributed by atoms with Gasteiger partial charge in [-0.1, -0.05) is 24.3 Å². The third-order valence-corrected chi connectivity index (χ3v) is 7.58. The van der Waals surface area contributed by atoms with E-state index in [1.807, 2.05) is 19.1 Å². The van der Waals surface area contributed by atoms with Gasteiger partial charge in [0.2, 0.25) is 0 Å². The molecule has 0 radical (unpaired) electrons. The highest BCUT2D eigenvalue weighted by Crippen LogP contribution is 2.46. The minimum Gasteiger partial charge on any atom is -0.508 e. The summed E-state index contributed by atoms with van der Waals surface area (Å²) in [7, 11) is 3.40. The molecule has 0 amide bonds. The van der Waals surface area contributed by atoms with Gasteiger partial charge in [-0.25, -0.2) is 4.39 Å². The van der Waals surface area contributed by atoms with Gasteiger partial charge in [-0.3, -0.25) is 0 Å². The third kappa shape index (κ3) is 4.99. The number of fused-ring (bicyclic) bond motifs is 1. The van der Waals surface area contributed by atoms with Crippen molar-refractivity contribution in [3.63, 3.8) is 0 Å². The number of ether oxygens (including phenoxy) is 3. The molecule has 0 aliphatic carbocycles. The topological polar surface area (TPSA) is 51.2 Å². The van der Waals surface area contributed by atoms with E-state index < -0.39 is 0 Å². The van der Waals surface area contributed by atoms with Crippen LogP contribution in [0.2, 0.25) is 0 Å². The van der Waals surface area contributed by atoms with Gasteiger partial charge in [-0.05, 0) is 84.0 Å². The molecule has 0 spiro atoms. The molecule has 1 fully saturated rings. The number of methoxy groups -OCH3 is 2. The maximum Gasteiger partial charge on any atom is 0.159 e. The minimum absolute atomic E-state index is 0.112. The molecule has 2 aliphatic heterocycles. The van der Waals surface area contributed by atoms with Gasteiger partial charge in [0.15, 0.2) is 6.29 Å². The van der Waals surface area contributed by atoms with E-state index in [0.717, 1.165) is 53.7 Å². The van der Waals surface area contributed by atoms with E-state index in [4.69, 9.17) is 14.2 Å². The highest BCUT2D eigenvalue weighted by atomic mass is 19.1. The number of anilines is 1. The maximum atomic E-state index is 14.3. The number of hydrogen-bond donors (Lipinski definition) is 1. The predicted octanol–water partition coefficient (Wildman–Crippen LogP) is 6.08. The summed E-state index contributed by atoms with van der Waals surface area (Å²) in [6, 6.07) is 19.2. The van der Waals surface area contributed by atoms with E-state index in [-0.39, 0.29) is 29.9 Å². The molecule has 0 aromatic heterocycles. The molecule has 0 unspecified atom stereocenters. The van der Waals surface area contributed by atoms with Gasteiger partial charge in [0, 0.05) is 44.8 Å². The summed E-state index contributed by atoms with van der Waals surface area (Å²) < 4.78 is 31.6. The van der Waals surface area contributed by atoms with Crippen LogP contribution < -0.4 is 4.90 Å². The Labute approximate surface area is 212 Å². The SMILES string of the molecule is COC(OC)C1CCN(c2ccc([C@@H]3c4ccc(O)cc4CO[C@@H]3c3cc(C)cc(F)c3)cc2)CC1. The van der Waals surface area contributed by atoms with Crippen molar-refractivity contribution in [3.05, 3.63) is 94.3 Å². The Morgan fingerprint density at radius 3 is 2.33 bits per heavy atom. The molecule has 2 atom stereocenters. The van der Waals surface area contributed by atoms with E-state index in [1.54, 1.807) is 32.4 Å². The summed E-state index contributed by atoms with van der Waals surface area (Å²) in [5.74, 6) is 0.253. The van der Waals surface area contributed by atoms with Crippen LogP contribution in [0.5, 0.6) is 5.75 Å². The lowest BCUT2D eigenvalue weighted by Gasteiger charge is -2.37. The molecular formula is C30H34FNO4. The Hall–Kier alpha value is -2.93. The fourth-order valence-corrected chi connectivity index (χ4v) is 5.83. The van der Waals surface area contributed by atoms with Crippen molar-refractivity contribution in [1.29, 1.82) is 0 Å². The van der Waals surface area contributed by atoms with Crippen molar-refractivity contribution in [1.82, 2.24) is 0 Å². The Kier molecular flexibility index (Phi) is 7.28. The van der Waals surface area contributed by atoms with Crippen LogP contribution in [0.1, 0.15) is 52.7 Å². The lowest BCUT2D eigenvalue weighted by molar-refractivity contribution is -0.141. The van der Waals surface area contributed by atoms with Crippen LogP contribution in [0.3, 0.4) is 0 Å². The normalized spacial score (nSPS) is 20.5. The van der Waals surface area contributed by atoms with Gasteiger partial charge >= 0.3 is 0 Å². The standard InChI is InChI=1S/C30H34FNO4/c1-19-14-22(16-24(31)15-19)29-28(27-9-8-26(33)17-23(27)18-36-29)20-4-6-25(7-5-20)32-12-10-21(11-13-32)30(34-2)35-3/h4-9,14-17,21,28-30,33H,10-13,18H2,1-3H3/t28-,29-/m1/s1. The number of phenolic OH excluding ortho intramolecular Hbond substituents is 1. The first-order chi connectivity index (χ1) is 17.5. The first-order valence-electron chi connectivity index (χ1n) is 12.6. The van der Waals surface area contributed by atoms with Crippen molar-refractivity contribution >= 4 is 5.69 Å². The number of piperidine rings is 1. The van der Waals surface area contributed by atoms with Crippen LogP contribution in [-0.4, -0.2) is 38.7 Å². The predicted molar refractivity (Wildman–Crippen MR) is 138 cm³/mol. The molecule has 0 bridgehead atoms. The lowest BCUT2D eigenvalue weighted by Crippen LogP contribution is -2.39. The second-order valence-electron chi connectivity index (χ2n) is 9.91. The molecule has 1 N–H and O–H groups in total. The lowest BCUT2D eigenvalue weighted by atomic mass is 9.79. The largest absolute Gasteiger partial charge is 0.508 e. The number of hydrogen-bond acceptors (Lipinski definition) is 5. The zero-order chi connectivity index (χ0) is 25.2. The molecular weight excluding hydrogens is 457 g/mol. The Bertz CT molecular complexity index is 1170. The van der Waals surface area contributed by atoms with E-state index in [1.165, 1.54) is 11.8 Å². The van der Waals surface area contributed by atoms with Crippen LogP contribution >= 0.6 is 0 Å². The fourth-order valence-electron chi connectivity index (χ4n) is 5.83. The zero-order valence-corrected chi connectivity index (χ0v) is 21.1. The zero-order valence-electron chi connectivity index (χ0n) is 21.1. The molecule has 0 saturated carbocycles. The molecule has 2 heterocycles. The van der Waals surface area contributed by atoms with Crippen LogP contribution in [0.4, 0.5) is 10.1 Å². The Morgan fingerprint density at radius 1 is 0.944 bits per heavy atom. The molecule has 2 aliphatic rings. The molecule has 5 rings (SSSR count). The summed E-state index contributed by atoms with van der Waals surface area (Å²) in [6.07, 6.45) is 1.56. The quantitative estimate of drug-likeness (QED) is 0.424. The van der Waals surface area contributed by atoms with Crippen LogP contribution in [0.25, 0.3) is 0 Å². The number of phenols is 1. The highest BCUT2D eigenvalue weighted by Gasteiger charge is 2.34. The third-order valence-electron chi connectivity index (χ3n) is 7.58. The first kappa shape index (κ1) is 24.8. The van der Waals surface area contributed by atoms with Gasteiger partial charge in [0.25, 0.3) is 0 Å². The van der Waals surface area contributed by atoms with Crippen molar-refractivity contribution in [2.24, 2.45) is 5.92 Å². The molecule has 5 nitrogen and oxygen atoms in total. The molecule has 3 aromatic carbocycles. The summed E-state index contributed by atoms with van der Waals surface area (Å²) in [5, 5.41) is 10.0. The second kappa shape index (κ2) is 10.6. The van der Waals surface area contributed by atoms with Crippen LogP contribution in [0, 0.1) is 18.7 Å². The van der Waals surface area contributed by atoms with Gasteiger partial charge in [0.05, 0.1) is 12.7 Å². The van der Waals surface area contributed by atoms with Crippen LogP contribution in [-0.2, 0) is 20.8 Å². The minimum atomic E-state index is -0.321. The van der Waals surface area contributed by atoms with E-state index in [9.17, 15) is 9.50 Å². The summed E-state index contributed by atoms with van der Waals surface area (Å²) in [5.41, 5.74) is 6.04. The summed E-state index contributed by atoms with van der Waals surface area (Å²) in [4.78, 5) is 2.40. The van der Waals surface area contributed by atoms with Crippen molar-refractivity contribution in [2.75, 3.05) is 32.2 Å². The number of aromatic hydroxyl groups is 1. The summed E-state index contributed by atoms with van der Waals surface area (Å²) in [6.45, 7) is 4.17. The number of rotatable bonds is 6. The van der Waals surface area contributed by atoms with Crippen molar-refractivity contribution in [2.45, 2.75) is 44.7 Å². The number of aryl methyl sites for hydroxylation is 1. The monoisotopic (exact) mass is 491 g/mol. The van der Waals surface area contributed by atoms with Crippen LogP contribution in [0.15, 0.2) is 60.7 Å². The second-order valence-corrected chi connectivity index (χ2v) is 9.91.